The molecule has 0 bridgehead atoms. The minimum Gasteiger partial charge on any atom is -0.326 e. The molecular weight excluding hydrogens is 312 g/mol. The molecule has 0 saturated heterocycles. The summed E-state index contributed by atoms with van der Waals surface area (Å²) in [5.41, 5.74) is 1.92. The summed E-state index contributed by atoms with van der Waals surface area (Å²) in [4.78, 5) is 24.5. The van der Waals surface area contributed by atoms with Crippen LogP contribution in [0.3, 0.4) is 0 Å². The summed E-state index contributed by atoms with van der Waals surface area (Å²) >= 11 is 0. The molecule has 0 saturated carbocycles. The molecule has 0 fully saturated rings. The summed E-state index contributed by atoms with van der Waals surface area (Å²) < 4.78 is 0. The molecule has 0 atom stereocenters. The van der Waals surface area contributed by atoms with E-state index in [1.54, 1.807) is 24.3 Å². The van der Waals surface area contributed by atoms with E-state index in [2.05, 4.69) is 10.6 Å². The molecule has 25 heavy (non-hydrogen) atoms. The van der Waals surface area contributed by atoms with Crippen LogP contribution in [0.25, 0.3) is 10.8 Å². The molecule has 3 aromatic carbocycles. The predicted octanol–water partition coefficient (Wildman–Crippen LogP) is 4.69. The Hall–Kier alpha value is -3.14. The van der Waals surface area contributed by atoms with Crippen LogP contribution in [0.4, 0.5) is 11.4 Å². The Morgan fingerprint density at radius 2 is 1.44 bits per heavy atom. The molecular formula is C21H20N2O2. The Kier molecular flexibility index (Phi) is 4.80. The van der Waals surface area contributed by atoms with Gasteiger partial charge in [0.2, 0.25) is 5.91 Å². The molecule has 0 aliphatic heterocycles. The van der Waals surface area contributed by atoms with Crippen molar-refractivity contribution in [3.05, 3.63) is 72.3 Å². The zero-order valence-electron chi connectivity index (χ0n) is 14.2. The number of nitrogens with one attached hydrogen (secondary N) is 2. The smallest absolute Gasteiger partial charge is 0.256 e. The summed E-state index contributed by atoms with van der Waals surface area (Å²) in [6, 6.07) is 20.6. The SMILES string of the molecule is CC(C)C(=O)Nc1cccc(NC(=O)c2cccc3ccccc23)c1. The lowest BCUT2D eigenvalue weighted by atomic mass is 10.0. The lowest BCUT2D eigenvalue weighted by Gasteiger charge is -2.11. The van der Waals surface area contributed by atoms with E-state index in [9.17, 15) is 9.59 Å². The second-order valence-corrected chi connectivity index (χ2v) is 6.21. The van der Waals surface area contributed by atoms with E-state index >= 15 is 0 Å². The first-order valence-electron chi connectivity index (χ1n) is 8.24. The molecule has 0 unspecified atom stereocenters. The number of rotatable bonds is 4. The van der Waals surface area contributed by atoms with Gasteiger partial charge in [0.05, 0.1) is 0 Å². The van der Waals surface area contributed by atoms with Gasteiger partial charge in [-0.2, -0.15) is 0 Å². The van der Waals surface area contributed by atoms with E-state index < -0.39 is 0 Å². The van der Waals surface area contributed by atoms with Crippen LogP contribution in [0.15, 0.2) is 66.7 Å². The van der Waals surface area contributed by atoms with Crippen LogP contribution in [-0.4, -0.2) is 11.8 Å². The largest absolute Gasteiger partial charge is 0.326 e. The molecule has 0 radical (unpaired) electrons. The summed E-state index contributed by atoms with van der Waals surface area (Å²) in [6.45, 7) is 3.67. The van der Waals surface area contributed by atoms with Gasteiger partial charge in [0.25, 0.3) is 5.91 Å². The lowest BCUT2D eigenvalue weighted by Crippen LogP contribution is -2.18. The van der Waals surface area contributed by atoms with Crippen molar-refractivity contribution in [2.45, 2.75) is 13.8 Å². The molecule has 2 N–H and O–H groups in total. The number of carbonyl (C=O) groups excluding carboxylic acids is 2. The summed E-state index contributed by atoms with van der Waals surface area (Å²) in [7, 11) is 0. The molecule has 3 aromatic rings. The molecule has 126 valence electrons. The highest BCUT2D eigenvalue weighted by atomic mass is 16.2. The maximum Gasteiger partial charge on any atom is 0.256 e. The Balaban J connectivity index is 1.82. The molecule has 3 rings (SSSR count). The first-order valence-corrected chi connectivity index (χ1v) is 8.24. The maximum absolute atomic E-state index is 12.7. The molecule has 0 heterocycles. The first kappa shape index (κ1) is 16.7. The Labute approximate surface area is 146 Å². The van der Waals surface area contributed by atoms with Crippen LogP contribution in [0, 0.1) is 5.92 Å². The van der Waals surface area contributed by atoms with Gasteiger partial charge in [0, 0.05) is 22.9 Å². The topological polar surface area (TPSA) is 58.2 Å². The van der Waals surface area contributed by atoms with Crippen LogP contribution in [0.5, 0.6) is 0 Å². The highest BCUT2D eigenvalue weighted by Gasteiger charge is 2.11. The van der Waals surface area contributed by atoms with Crippen molar-refractivity contribution < 1.29 is 9.59 Å². The average Bonchev–Trinajstić information content (AvgIpc) is 2.61. The second-order valence-electron chi connectivity index (χ2n) is 6.21. The number of hydrogen-bond acceptors (Lipinski definition) is 2. The highest BCUT2D eigenvalue weighted by Crippen LogP contribution is 2.21. The monoisotopic (exact) mass is 332 g/mol. The first-order chi connectivity index (χ1) is 12.0. The van der Waals surface area contributed by atoms with Crippen molar-refractivity contribution >= 4 is 34.0 Å². The van der Waals surface area contributed by atoms with Gasteiger partial charge in [-0.3, -0.25) is 9.59 Å². The number of benzene rings is 3. The van der Waals surface area contributed by atoms with Crippen molar-refractivity contribution in [2.75, 3.05) is 10.6 Å². The van der Waals surface area contributed by atoms with Gasteiger partial charge in [-0.15, -0.1) is 0 Å². The minimum absolute atomic E-state index is 0.0578. The molecule has 0 aliphatic rings. The van der Waals surface area contributed by atoms with Gasteiger partial charge in [-0.05, 0) is 35.0 Å². The van der Waals surface area contributed by atoms with E-state index in [0.717, 1.165) is 10.8 Å². The maximum atomic E-state index is 12.7. The molecule has 0 spiro atoms. The van der Waals surface area contributed by atoms with E-state index in [0.29, 0.717) is 16.9 Å². The van der Waals surface area contributed by atoms with Crippen molar-refractivity contribution in [1.29, 1.82) is 0 Å². The molecule has 0 aliphatic carbocycles. The quantitative estimate of drug-likeness (QED) is 0.728. The molecule has 0 aromatic heterocycles. The summed E-state index contributed by atoms with van der Waals surface area (Å²) in [6.07, 6.45) is 0. The van der Waals surface area contributed by atoms with Gasteiger partial charge < -0.3 is 10.6 Å². The normalized spacial score (nSPS) is 10.7. The van der Waals surface area contributed by atoms with Gasteiger partial charge in [-0.1, -0.05) is 56.3 Å². The van der Waals surface area contributed by atoms with E-state index in [-0.39, 0.29) is 17.7 Å². The van der Waals surface area contributed by atoms with Crippen LogP contribution in [0.1, 0.15) is 24.2 Å². The van der Waals surface area contributed by atoms with Gasteiger partial charge >= 0.3 is 0 Å². The fourth-order valence-electron chi connectivity index (χ4n) is 2.58. The zero-order chi connectivity index (χ0) is 17.8. The van der Waals surface area contributed by atoms with Crippen molar-refractivity contribution in [2.24, 2.45) is 5.92 Å². The standard InChI is InChI=1S/C21H20N2O2/c1-14(2)20(24)22-16-9-6-10-17(13-16)23-21(25)19-12-5-8-15-7-3-4-11-18(15)19/h3-14H,1-2H3,(H,22,24)(H,23,25). The number of anilines is 2. The highest BCUT2D eigenvalue weighted by molar-refractivity contribution is 6.13. The second kappa shape index (κ2) is 7.18. The van der Waals surface area contributed by atoms with Gasteiger partial charge in [0.1, 0.15) is 0 Å². The molecule has 4 heteroatoms. The lowest BCUT2D eigenvalue weighted by molar-refractivity contribution is -0.118. The van der Waals surface area contributed by atoms with Crippen molar-refractivity contribution in [3.63, 3.8) is 0 Å². The molecule has 2 amide bonds. The van der Waals surface area contributed by atoms with Crippen molar-refractivity contribution in [1.82, 2.24) is 0 Å². The number of amides is 2. The summed E-state index contributed by atoms with van der Waals surface area (Å²) in [5, 5.41) is 7.67. The third kappa shape index (κ3) is 3.86. The van der Waals surface area contributed by atoms with Crippen LogP contribution >= 0.6 is 0 Å². The number of hydrogen-bond donors (Lipinski definition) is 2. The predicted molar refractivity (Wildman–Crippen MR) is 102 cm³/mol. The number of fused-ring (bicyclic) bond motifs is 1. The Morgan fingerprint density at radius 1 is 0.800 bits per heavy atom. The molecule has 4 nitrogen and oxygen atoms in total. The fourth-order valence-corrected chi connectivity index (χ4v) is 2.58. The van der Waals surface area contributed by atoms with E-state index in [1.165, 1.54) is 0 Å². The van der Waals surface area contributed by atoms with Crippen LogP contribution in [-0.2, 0) is 4.79 Å². The van der Waals surface area contributed by atoms with Gasteiger partial charge in [-0.25, -0.2) is 0 Å². The summed E-state index contributed by atoms with van der Waals surface area (Å²) in [5.74, 6) is -0.337. The van der Waals surface area contributed by atoms with Crippen LogP contribution < -0.4 is 10.6 Å². The van der Waals surface area contributed by atoms with Gasteiger partial charge in [0.15, 0.2) is 0 Å². The van der Waals surface area contributed by atoms with E-state index in [1.807, 2.05) is 56.3 Å². The third-order valence-electron chi connectivity index (χ3n) is 3.95. The van der Waals surface area contributed by atoms with E-state index in [4.69, 9.17) is 0 Å². The fraction of sp³-hybridized carbons (Fsp3) is 0.143. The van der Waals surface area contributed by atoms with Crippen molar-refractivity contribution in [3.8, 4) is 0 Å². The van der Waals surface area contributed by atoms with Crippen LogP contribution in [0.2, 0.25) is 0 Å². The Bertz CT molecular complexity index is 927. The zero-order valence-corrected chi connectivity index (χ0v) is 14.2. The Morgan fingerprint density at radius 3 is 2.20 bits per heavy atom. The minimum atomic E-state index is -0.177. The number of carbonyl (C=O) groups is 2. The average molecular weight is 332 g/mol. The third-order valence-corrected chi connectivity index (χ3v) is 3.95.